The molecule has 1 atom stereocenters. The maximum Gasteiger partial charge on any atom is 0.274 e. The molecule has 1 aliphatic heterocycles. The normalized spacial score (nSPS) is 22.6. The summed E-state index contributed by atoms with van der Waals surface area (Å²) in [7, 11) is 0. The molecule has 5 nitrogen and oxygen atoms in total. The van der Waals surface area contributed by atoms with Crippen molar-refractivity contribution < 1.29 is 4.79 Å². The molecular weight excluding hydrogens is 240 g/mol. The molecule has 1 aliphatic rings. The van der Waals surface area contributed by atoms with Crippen LogP contribution in [0.2, 0.25) is 0 Å². The second-order valence-corrected chi connectivity index (χ2v) is 6.05. The number of aromatic nitrogens is 2. The van der Waals surface area contributed by atoms with E-state index in [1.165, 1.54) is 6.20 Å². The van der Waals surface area contributed by atoms with Crippen molar-refractivity contribution in [3.8, 4) is 0 Å². The van der Waals surface area contributed by atoms with Gasteiger partial charge in [0, 0.05) is 31.5 Å². The van der Waals surface area contributed by atoms with Crippen LogP contribution in [0.4, 0.5) is 0 Å². The molecule has 1 aromatic rings. The molecule has 104 valence electrons. The van der Waals surface area contributed by atoms with Gasteiger partial charge < -0.3 is 10.2 Å². The first-order chi connectivity index (χ1) is 8.92. The van der Waals surface area contributed by atoms with Crippen LogP contribution in [0.5, 0.6) is 0 Å². The Morgan fingerprint density at radius 3 is 2.79 bits per heavy atom. The molecule has 0 aromatic carbocycles. The van der Waals surface area contributed by atoms with Gasteiger partial charge >= 0.3 is 0 Å². The van der Waals surface area contributed by atoms with Gasteiger partial charge in [-0.05, 0) is 19.8 Å². The summed E-state index contributed by atoms with van der Waals surface area (Å²) in [5, 5.41) is 3.52. The van der Waals surface area contributed by atoms with Crippen LogP contribution in [-0.4, -0.2) is 45.4 Å². The molecule has 0 saturated carbocycles. The molecular formula is C14H22N4O. The lowest BCUT2D eigenvalue weighted by Gasteiger charge is -2.47. The molecule has 1 unspecified atom stereocenters. The molecule has 1 amide bonds. The molecule has 0 bridgehead atoms. The fraction of sp³-hybridized carbons (Fsp3) is 0.643. The van der Waals surface area contributed by atoms with E-state index in [0.29, 0.717) is 24.2 Å². The predicted molar refractivity (Wildman–Crippen MR) is 73.8 cm³/mol. The SMILES string of the molecule is CC(C)C1CN(C(=O)c2cnccn2)C(C)(C)CN1. The van der Waals surface area contributed by atoms with E-state index in [1.807, 2.05) is 4.90 Å². The van der Waals surface area contributed by atoms with E-state index in [1.54, 1.807) is 12.4 Å². The Balaban J connectivity index is 2.22. The van der Waals surface area contributed by atoms with Crippen LogP contribution in [0.25, 0.3) is 0 Å². The topological polar surface area (TPSA) is 58.1 Å². The van der Waals surface area contributed by atoms with Gasteiger partial charge in [-0.1, -0.05) is 13.8 Å². The average molecular weight is 262 g/mol. The van der Waals surface area contributed by atoms with Crippen LogP contribution in [-0.2, 0) is 0 Å². The summed E-state index contributed by atoms with van der Waals surface area (Å²) in [5.74, 6) is 0.457. The lowest BCUT2D eigenvalue weighted by molar-refractivity contribution is 0.0347. The highest BCUT2D eigenvalue weighted by molar-refractivity contribution is 5.92. The van der Waals surface area contributed by atoms with E-state index in [2.05, 4.69) is 43.0 Å². The van der Waals surface area contributed by atoms with Gasteiger partial charge in [0.15, 0.2) is 0 Å². The number of rotatable bonds is 2. The van der Waals surface area contributed by atoms with Gasteiger partial charge in [0.05, 0.1) is 11.7 Å². The highest BCUT2D eigenvalue weighted by Gasteiger charge is 2.38. The number of hydrogen-bond acceptors (Lipinski definition) is 4. The van der Waals surface area contributed by atoms with Gasteiger partial charge in [0.2, 0.25) is 0 Å². The smallest absolute Gasteiger partial charge is 0.274 e. The van der Waals surface area contributed by atoms with Crippen molar-refractivity contribution in [2.45, 2.75) is 39.3 Å². The summed E-state index contributed by atoms with van der Waals surface area (Å²) in [6.45, 7) is 9.99. The fourth-order valence-corrected chi connectivity index (χ4v) is 2.34. The highest BCUT2D eigenvalue weighted by atomic mass is 16.2. The minimum atomic E-state index is -0.208. The van der Waals surface area contributed by atoms with E-state index < -0.39 is 0 Å². The van der Waals surface area contributed by atoms with Crippen molar-refractivity contribution in [2.24, 2.45) is 5.92 Å². The maximum atomic E-state index is 12.6. The van der Waals surface area contributed by atoms with Crippen molar-refractivity contribution >= 4 is 5.91 Å². The van der Waals surface area contributed by atoms with E-state index in [9.17, 15) is 4.79 Å². The lowest BCUT2D eigenvalue weighted by atomic mass is 9.92. The summed E-state index contributed by atoms with van der Waals surface area (Å²) < 4.78 is 0. The standard InChI is InChI=1S/C14H22N4O/c1-10(2)12-8-18(14(3,4)9-17-12)13(19)11-7-15-5-6-16-11/h5-7,10,12,17H,8-9H2,1-4H3. The van der Waals surface area contributed by atoms with Crippen LogP contribution in [0.15, 0.2) is 18.6 Å². The molecule has 1 aromatic heterocycles. The molecule has 2 heterocycles. The van der Waals surface area contributed by atoms with Gasteiger partial charge in [-0.25, -0.2) is 4.98 Å². The quantitative estimate of drug-likeness (QED) is 0.873. The van der Waals surface area contributed by atoms with Crippen molar-refractivity contribution in [1.29, 1.82) is 0 Å². The number of amides is 1. The Morgan fingerprint density at radius 1 is 1.47 bits per heavy atom. The molecule has 1 fully saturated rings. The molecule has 19 heavy (non-hydrogen) atoms. The maximum absolute atomic E-state index is 12.6. The second-order valence-electron chi connectivity index (χ2n) is 6.05. The summed E-state index contributed by atoms with van der Waals surface area (Å²) in [4.78, 5) is 22.6. The van der Waals surface area contributed by atoms with Gasteiger partial charge in [-0.15, -0.1) is 0 Å². The van der Waals surface area contributed by atoms with E-state index in [4.69, 9.17) is 0 Å². The second kappa shape index (κ2) is 5.25. The van der Waals surface area contributed by atoms with E-state index in [-0.39, 0.29) is 11.4 Å². The Morgan fingerprint density at radius 2 is 2.21 bits per heavy atom. The van der Waals surface area contributed by atoms with Crippen molar-refractivity contribution in [3.05, 3.63) is 24.3 Å². The zero-order chi connectivity index (χ0) is 14.0. The van der Waals surface area contributed by atoms with Gasteiger partial charge in [0.25, 0.3) is 5.91 Å². The predicted octanol–water partition coefficient (Wildman–Crippen LogP) is 1.33. The van der Waals surface area contributed by atoms with Gasteiger partial charge in [0.1, 0.15) is 5.69 Å². The summed E-state index contributed by atoms with van der Waals surface area (Å²) in [5.41, 5.74) is 0.208. The van der Waals surface area contributed by atoms with Gasteiger partial charge in [-0.3, -0.25) is 9.78 Å². The third-order valence-electron chi connectivity index (χ3n) is 3.74. The minimum absolute atomic E-state index is 0.0368. The molecule has 0 spiro atoms. The highest BCUT2D eigenvalue weighted by Crippen LogP contribution is 2.23. The first-order valence-electron chi connectivity index (χ1n) is 6.73. The van der Waals surface area contributed by atoms with Crippen LogP contribution in [0.1, 0.15) is 38.2 Å². The molecule has 1 N–H and O–H groups in total. The van der Waals surface area contributed by atoms with Crippen molar-refractivity contribution in [3.63, 3.8) is 0 Å². The lowest BCUT2D eigenvalue weighted by Crippen LogP contribution is -2.64. The minimum Gasteiger partial charge on any atom is -0.329 e. The number of carbonyl (C=O) groups excluding carboxylic acids is 1. The van der Waals surface area contributed by atoms with Crippen molar-refractivity contribution in [1.82, 2.24) is 20.2 Å². The van der Waals surface area contributed by atoms with Crippen LogP contribution < -0.4 is 5.32 Å². The van der Waals surface area contributed by atoms with Crippen molar-refractivity contribution in [2.75, 3.05) is 13.1 Å². The largest absolute Gasteiger partial charge is 0.329 e. The number of piperazine rings is 1. The monoisotopic (exact) mass is 262 g/mol. The van der Waals surface area contributed by atoms with Crippen LogP contribution in [0, 0.1) is 5.92 Å². The third-order valence-corrected chi connectivity index (χ3v) is 3.74. The Kier molecular flexibility index (Phi) is 3.85. The molecule has 2 rings (SSSR count). The van der Waals surface area contributed by atoms with Crippen LogP contribution >= 0.6 is 0 Å². The summed E-state index contributed by atoms with van der Waals surface area (Å²) in [6.07, 6.45) is 4.67. The molecule has 0 aliphatic carbocycles. The number of nitrogens with zero attached hydrogens (tertiary/aromatic N) is 3. The first kappa shape index (κ1) is 13.9. The number of hydrogen-bond donors (Lipinski definition) is 1. The fourth-order valence-electron chi connectivity index (χ4n) is 2.34. The van der Waals surface area contributed by atoms with Gasteiger partial charge in [-0.2, -0.15) is 0 Å². The first-order valence-corrected chi connectivity index (χ1v) is 6.73. The zero-order valence-corrected chi connectivity index (χ0v) is 12.1. The van der Waals surface area contributed by atoms with E-state index >= 15 is 0 Å². The van der Waals surface area contributed by atoms with Crippen LogP contribution in [0.3, 0.4) is 0 Å². The zero-order valence-electron chi connectivity index (χ0n) is 12.1. The Hall–Kier alpha value is -1.49. The Labute approximate surface area is 114 Å². The molecule has 1 saturated heterocycles. The molecule has 5 heteroatoms. The summed E-state index contributed by atoms with van der Waals surface area (Å²) >= 11 is 0. The summed E-state index contributed by atoms with van der Waals surface area (Å²) in [6, 6.07) is 0.327. The van der Waals surface area contributed by atoms with E-state index in [0.717, 1.165) is 6.54 Å². The average Bonchev–Trinajstić information content (AvgIpc) is 2.38. The third kappa shape index (κ3) is 2.92. The number of nitrogens with one attached hydrogen (secondary N) is 1. The Bertz CT molecular complexity index is 444. The number of carbonyl (C=O) groups is 1. The molecule has 0 radical (unpaired) electrons.